The fourth-order valence-corrected chi connectivity index (χ4v) is 6.08. The van der Waals surface area contributed by atoms with Crippen LogP contribution in [0, 0.1) is 0 Å². The lowest BCUT2D eigenvalue weighted by Crippen LogP contribution is -2.46. The second-order valence-electron chi connectivity index (χ2n) is 10.5. The van der Waals surface area contributed by atoms with E-state index in [1.54, 1.807) is 18.2 Å². The lowest BCUT2D eigenvalue weighted by Gasteiger charge is -2.37. The highest BCUT2D eigenvalue weighted by atomic mass is 19.4. The van der Waals surface area contributed by atoms with Crippen LogP contribution in [0.25, 0.3) is 33.0 Å². The first-order chi connectivity index (χ1) is 18.1. The highest BCUT2D eigenvalue weighted by Gasteiger charge is 2.43. The lowest BCUT2D eigenvalue weighted by molar-refractivity contribution is -0.137. The molecule has 1 unspecified atom stereocenters. The third kappa shape index (κ3) is 4.46. The van der Waals surface area contributed by atoms with Gasteiger partial charge in [0.1, 0.15) is 0 Å². The second kappa shape index (κ2) is 8.96. The van der Waals surface area contributed by atoms with Crippen LogP contribution in [0.5, 0.6) is 0 Å². The van der Waals surface area contributed by atoms with E-state index in [4.69, 9.17) is 0 Å². The third-order valence-corrected chi connectivity index (χ3v) is 7.98. The molecule has 2 fully saturated rings. The Balaban J connectivity index is 1.38. The summed E-state index contributed by atoms with van der Waals surface area (Å²) in [6, 6.07) is 22.0. The van der Waals surface area contributed by atoms with Gasteiger partial charge in [0.05, 0.1) is 16.7 Å². The minimum atomic E-state index is -4.41. The number of aromatic carboxylic acids is 1. The minimum absolute atomic E-state index is 0.120. The molecule has 2 saturated heterocycles. The van der Waals surface area contributed by atoms with Crippen molar-refractivity contribution in [3.8, 4) is 22.3 Å². The summed E-state index contributed by atoms with van der Waals surface area (Å²) in [5.74, 6) is -1.07. The van der Waals surface area contributed by atoms with Crippen molar-refractivity contribution in [3.63, 3.8) is 0 Å². The molecule has 0 amide bonds. The highest BCUT2D eigenvalue weighted by Crippen LogP contribution is 2.42. The highest BCUT2D eigenvalue weighted by molar-refractivity contribution is 6.04. The molecule has 194 valence electrons. The van der Waals surface area contributed by atoms with Crippen LogP contribution in [0.2, 0.25) is 0 Å². The average molecular weight is 518 g/mol. The number of fused-ring (bicyclic) bond motifs is 3. The predicted octanol–water partition coefficient (Wildman–Crippen LogP) is 6.99. The summed E-state index contributed by atoms with van der Waals surface area (Å²) < 4.78 is 38.9. The third-order valence-electron chi connectivity index (χ3n) is 7.98. The van der Waals surface area contributed by atoms with Crippen molar-refractivity contribution in [3.05, 3.63) is 95.6 Å². The smallest absolute Gasteiger partial charge is 0.416 e. The van der Waals surface area contributed by atoms with Gasteiger partial charge in [-0.25, -0.2) is 4.79 Å². The molecule has 7 heteroatoms. The van der Waals surface area contributed by atoms with Crippen molar-refractivity contribution in [1.82, 2.24) is 5.32 Å². The number of halogens is 3. The van der Waals surface area contributed by atoms with E-state index in [9.17, 15) is 28.2 Å². The van der Waals surface area contributed by atoms with Gasteiger partial charge in [0.15, 0.2) is 0 Å². The van der Waals surface area contributed by atoms with Gasteiger partial charge in [0.2, 0.25) is 0 Å². The lowest BCUT2D eigenvalue weighted by atomic mass is 9.81. The largest absolute Gasteiger partial charge is 0.478 e. The van der Waals surface area contributed by atoms with Crippen LogP contribution < -0.4 is 5.32 Å². The van der Waals surface area contributed by atoms with Gasteiger partial charge in [0, 0.05) is 12.1 Å². The van der Waals surface area contributed by atoms with Crippen molar-refractivity contribution < 1.29 is 28.2 Å². The maximum Gasteiger partial charge on any atom is 0.416 e. The Bertz CT molecular complexity index is 1520. The molecule has 0 spiro atoms. The summed E-state index contributed by atoms with van der Waals surface area (Å²) in [5.41, 5.74) is 2.25. The summed E-state index contributed by atoms with van der Waals surface area (Å²) in [6.07, 6.45) is -0.910. The van der Waals surface area contributed by atoms with Crippen molar-refractivity contribution in [2.45, 2.75) is 49.5 Å². The van der Waals surface area contributed by atoms with Gasteiger partial charge < -0.3 is 15.5 Å². The Morgan fingerprint density at radius 1 is 0.816 bits per heavy atom. The van der Waals surface area contributed by atoms with E-state index in [1.807, 2.05) is 36.4 Å². The van der Waals surface area contributed by atoms with Crippen LogP contribution in [0.1, 0.15) is 47.2 Å². The molecule has 2 heterocycles. The molecule has 0 radical (unpaired) electrons. The second-order valence-corrected chi connectivity index (χ2v) is 10.5. The number of rotatable bonds is 4. The van der Waals surface area contributed by atoms with Gasteiger partial charge in [-0.05, 0) is 94.6 Å². The number of benzene rings is 4. The molecular weight excluding hydrogens is 491 g/mol. The van der Waals surface area contributed by atoms with E-state index in [2.05, 4.69) is 5.32 Å². The quantitative estimate of drug-likeness (QED) is 0.273. The van der Waals surface area contributed by atoms with Crippen molar-refractivity contribution in [2.24, 2.45) is 0 Å². The number of nitrogens with one attached hydrogen (secondary N) is 1. The molecule has 6 rings (SSSR count). The number of aliphatic hydroxyl groups is 1. The van der Waals surface area contributed by atoms with Crippen molar-refractivity contribution >= 4 is 16.7 Å². The number of hydrogen-bond acceptors (Lipinski definition) is 3. The van der Waals surface area contributed by atoms with Crippen LogP contribution in [-0.4, -0.2) is 28.3 Å². The van der Waals surface area contributed by atoms with Gasteiger partial charge in [-0.15, -0.1) is 0 Å². The maximum absolute atomic E-state index is 13.0. The molecule has 2 aliphatic heterocycles. The predicted molar refractivity (Wildman–Crippen MR) is 140 cm³/mol. The zero-order valence-corrected chi connectivity index (χ0v) is 20.4. The number of piperidine rings is 1. The molecule has 0 aliphatic carbocycles. The molecule has 38 heavy (non-hydrogen) atoms. The van der Waals surface area contributed by atoms with Crippen LogP contribution in [0.15, 0.2) is 78.9 Å². The fraction of sp³-hybridized carbons (Fsp3) is 0.258. The zero-order valence-electron chi connectivity index (χ0n) is 20.4. The Morgan fingerprint density at radius 2 is 1.42 bits per heavy atom. The minimum Gasteiger partial charge on any atom is -0.478 e. The summed E-state index contributed by atoms with van der Waals surface area (Å²) >= 11 is 0. The van der Waals surface area contributed by atoms with Gasteiger partial charge in [-0.3, -0.25) is 0 Å². The van der Waals surface area contributed by atoms with Gasteiger partial charge in [0.25, 0.3) is 0 Å². The van der Waals surface area contributed by atoms with Crippen LogP contribution in [0.3, 0.4) is 0 Å². The molecule has 4 nitrogen and oxygen atoms in total. The van der Waals surface area contributed by atoms with E-state index in [0.29, 0.717) is 41.4 Å². The molecule has 0 saturated carbocycles. The summed E-state index contributed by atoms with van der Waals surface area (Å²) in [5, 5.41) is 26.2. The SMILES string of the molecule is O=C(O)c1cc(-c2ccc(C3(O)C[C@H]4CC[C@@H](C3)N4)cc2)c2ccc(-c3ccc(C(F)(F)F)cc3)cc2c1. The van der Waals surface area contributed by atoms with Gasteiger partial charge in [-0.1, -0.05) is 48.5 Å². The zero-order chi connectivity index (χ0) is 26.7. The van der Waals surface area contributed by atoms with Crippen molar-refractivity contribution in [2.75, 3.05) is 0 Å². The van der Waals surface area contributed by atoms with E-state index in [1.165, 1.54) is 12.1 Å². The molecule has 4 aromatic rings. The molecule has 3 atom stereocenters. The molecule has 2 bridgehead atoms. The number of alkyl halides is 3. The molecular formula is C31H26F3NO3. The van der Waals surface area contributed by atoms with E-state index in [0.717, 1.165) is 47.1 Å². The molecule has 3 N–H and O–H groups in total. The summed E-state index contributed by atoms with van der Waals surface area (Å²) in [4.78, 5) is 11.9. The Morgan fingerprint density at radius 3 is 2.03 bits per heavy atom. The first kappa shape index (κ1) is 24.6. The van der Waals surface area contributed by atoms with Crippen LogP contribution >= 0.6 is 0 Å². The summed E-state index contributed by atoms with van der Waals surface area (Å²) in [6.45, 7) is 0. The first-order valence-corrected chi connectivity index (χ1v) is 12.7. The first-order valence-electron chi connectivity index (χ1n) is 12.7. The van der Waals surface area contributed by atoms with E-state index >= 15 is 0 Å². The molecule has 2 aliphatic rings. The number of carbonyl (C=O) groups is 1. The van der Waals surface area contributed by atoms with Crippen LogP contribution in [0.4, 0.5) is 13.2 Å². The Kier molecular flexibility index (Phi) is 5.81. The monoisotopic (exact) mass is 517 g/mol. The van der Waals surface area contributed by atoms with E-state index in [-0.39, 0.29) is 5.56 Å². The number of carboxylic acids is 1. The van der Waals surface area contributed by atoms with Crippen molar-refractivity contribution in [1.29, 1.82) is 0 Å². The maximum atomic E-state index is 13.0. The van der Waals surface area contributed by atoms with Crippen LogP contribution in [-0.2, 0) is 11.8 Å². The topological polar surface area (TPSA) is 69.6 Å². The van der Waals surface area contributed by atoms with Gasteiger partial charge in [-0.2, -0.15) is 13.2 Å². The fourth-order valence-electron chi connectivity index (χ4n) is 6.08. The van der Waals surface area contributed by atoms with Gasteiger partial charge >= 0.3 is 12.1 Å². The number of hydrogen-bond donors (Lipinski definition) is 3. The molecule has 0 aromatic heterocycles. The average Bonchev–Trinajstić information content (AvgIpc) is 3.25. The standard InChI is InChI=1S/C31H26F3NO3/c32-31(33,34)24-8-1-18(2-9-24)20-5-12-27-21(13-20)14-22(29(36)37)15-28(27)19-3-6-23(7-4-19)30(38)16-25-10-11-26(17-30)35-25/h1-9,12-15,25-26,35,38H,10-11,16-17H2,(H,36,37)/t25-,26+,30?. The van der Waals surface area contributed by atoms with E-state index < -0.39 is 23.3 Å². The Hall–Kier alpha value is -3.68. The Labute approximate surface area is 217 Å². The normalized spacial score (nSPS) is 23.1. The molecule has 4 aromatic carbocycles. The number of carboxylic acid groups (broad SMARTS) is 1. The summed E-state index contributed by atoms with van der Waals surface area (Å²) in [7, 11) is 0.